The number of aromatic nitrogens is 2. The number of hydrogen-bond acceptors (Lipinski definition) is 3. The van der Waals surface area contributed by atoms with Gasteiger partial charge in [-0.05, 0) is 23.8 Å². The number of carbonyl (C=O) groups is 1. The largest absolute Gasteiger partial charge is 0.573 e. The summed E-state index contributed by atoms with van der Waals surface area (Å²) in [7, 11) is 0. The molecule has 0 saturated heterocycles. The number of hydrogen-bond donors (Lipinski definition) is 1. The van der Waals surface area contributed by atoms with E-state index < -0.39 is 6.36 Å². The van der Waals surface area contributed by atoms with Crippen LogP contribution in [0.2, 0.25) is 0 Å². The van der Waals surface area contributed by atoms with Crippen LogP contribution < -0.4 is 10.1 Å². The summed E-state index contributed by atoms with van der Waals surface area (Å²) in [5.74, 6) is -0.661. The van der Waals surface area contributed by atoms with Crippen LogP contribution in [0.25, 0.3) is 5.69 Å². The van der Waals surface area contributed by atoms with Crippen LogP contribution in [0.1, 0.15) is 11.1 Å². The van der Waals surface area contributed by atoms with E-state index in [9.17, 15) is 18.0 Å². The molecule has 1 amide bonds. The summed E-state index contributed by atoms with van der Waals surface area (Å²) in [6, 6.07) is 15.1. The highest BCUT2D eigenvalue weighted by Crippen LogP contribution is 2.26. The molecule has 3 aromatic rings. The summed E-state index contributed by atoms with van der Waals surface area (Å²) in [6.07, 6.45) is -1.41. The second kappa shape index (κ2) is 7.94. The first-order chi connectivity index (χ1) is 12.9. The van der Waals surface area contributed by atoms with Gasteiger partial charge in [-0.25, -0.2) is 4.68 Å². The molecule has 0 aliphatic rings. The monoisotopic (exact) mass is 375 g/mol. The molecule has 3 rings (SSSR count). The lowest BCUT2D eigenvalue weighted by molar-refractivity contribution is -0.274. The van der Waals surface area contributed by atoms with E-state index in [1.54, 1.807) is 23.1 Å². The fourth-order valence-corrected chi connectivity index (χ4v) is 2.49. The second-order valence-corrected chi connectivity index (χ2v) is 5.74. The zero-order valence-electron chi connectivity index (χ0n) is 14.1. The predicted octanol–water partition coefficient (Wildman–Crippen LogP) is 3.63. The molecule has 0 unspecified atom stereocenters. The molecule has 0 saturated carbocycles. The number of alkyl halides is 3. The van der Waals surface area contributed by atoms with Gasteiger partial charge in [-0.1, -0.05) is 36.4 Å². The molecule has 1 N–H and O–H groups in total. The average Bonchev–Trinajstić information content (AvgIpc) is 3.09. The Kier molecular flexibility index (Phi) is 5.44. The maximum atomic E-state index is 12.4. The molecule has 5 nitrogen and oxygen atoms in total. The van der Waals surface area contributed by atoms with Crippen LogP contribution in [-0.2, 0) is 17.8 Å². The molecule has 0 radical (unpaired) electrons. The molecule has 0 fully saturated rings. The standard InChI is InChI=1S/C19H16F3N3O2/c20-19(21,22)27-17-9-5-4-6-15(17)12-23-18(26)10-14-11-24-25(13-14)16-7-2-1-3-8-16/h1-9,11,13H,10,12H2,(H,23,26). The molecule has 0 atom stereocenters. The number of benzene rings is 2. The number of nitrogens with zero attached hydrogens (tertiary/aromatic N) is 2. The van der Waals surface area contributed by atoms with E-state index in [1.807, 2.05) is 30.3 Å². The summed E-state index contributed by atoms with van der Waals surface area (Å²) < 4.78 is 42.9. The summed E-state index contributed by atoms with van der Waals surface area (Å²) in [6.45, 7) is -0.0715. The SMILES string of the molecule is O=C(Cc1cnn(-c2ccccc2)c1)NCc1ccccc1OC(F)(F)F. The Hall–Kier alpha value is -3.29. The van der Waals surface area contributed by atoms with E-state index in [4.69, 9.17) is 0 Å². The molecule has 0 aliphatic heterocycles. The molecular weight excluding hydrogens is 359 g/mol. The smallest absolute Gasteiger partial charge is 0.405 e. The molecule has 140 valence electrons. The first-order valence-electron chi connectivity index (χ1n) is 8.10. The number of ether oxygens (including phenoxy) is 1. The summed E-state index contributed by atoms with van der Waals surface area (Å²) in [5.41, 5.74) is 1.79. The minimum Gasteiger partial charge on any atom is -0.405 e. The summed E-state index contributed by atoms with van der Waals surface area (Å²) in [5, 5.41) is 6.80. The van der Waals surface area contributed by atoms with Gasteiger partial charge < -0.3 is 10.1 Å². The lowest BCUT2D eigenvalue weighted by atomic mass is 10.2. The van der Waals surface area contributed by atoms with Crippen LogP contribution in [0.5, 0.6) is 5.75 Å². The van der Waals surface area contributed by atoms with Crippen LogP contribution in [0.3, 0.4) is 0 Å². The van der Waals surface area contributed by atoms with Crippen LogP contribution >= 0.6 is 0 Å². The molecule has 27 heavy (non-hydrogen) atoms. The van der Waals surface area contributed by atoms with Crippen molar-refractivity contribution in [3.63, 3.8) is 0 Å². The van der Waals surface area contributed by atoms with Crippen molar-refractivity contribution < 1.29 is 22.7 Å². The van der Waals surface area contributed by atoms with Gasteiger partial charge in [0.15, 0.2) is 0 Å². The third-order valence-electron chi connectivity index (χ3n) is 3.70. The average molecular weight is 375 g/mol. The van der Waals surface area contributed by atoms with Gasteiger partial charge >= 0.3 is 6.36 Å². The Balaban J connectivity index is 1.59. The molecule has 1 aromatic heterocycles. The van der Waals surface area contributed by atoms with Gasteiger partial charge in [0.25, 0.3) is 0 Å². The van der Waals surface area contributed by atoms with E-state index in [-0.39, 0.29) is 30.2 Å². The van der Waals surface area contributed by atoms with Gasteiger partial charge in [0, 0.05) is 18.3 Å². The van der Waals surface area contributed by atoms with E-state index in [0.717, 1.165) is 5.69 Å². The van der Waals surface area contributed by atoms with Crippen molar-refractivity contribution in [2.75, 3.05) is 0 Å². The normalized spacial score (nSPS) is 11.2. The summed E-state index contributed by atoms with van der Waals surface area (Å²) in [4.78, 5) is 12.1. The first-order valence-corrected chi connectivity index (χ1v) is 8.10. The first kappa shape index (κ1) is 18.5. The van der Waals surface area contributed by atoms with Crippen molar-refractivity contribution in [3.8, 4) is 11.4 Å². The van der Waals surface area contributed by atoms with Gasteiger partial charge in [-0.15, -0.1) is 13.2 Å². The number of para-hydroxylation sites is 2. The van der Waals surface area contributed by atoms with Crippen LogP contribution in [0.15, 0.2) is 67.0 Å². The van der Waals surface area contributed by atoms with Gasteiger partial charge in [0.1, 0.15) is 5.75 Å². The quantitative estimate of drug-likeness (QED) is 0.716. The predicted molar refractivity (Wildman–Crippen MR) is 92.2 cm³/mol. The summed E-state index contributed by atoms with van der Waals surface area (Å²) >= 11 is 0. The van der Waals surface area contributed by atoms with E-state index in [1.165, 1.54) is 18.2 Å². The van der Waals surface area contributed by atoms with Crippen molar-refractivity contribution in [3.05, 3.63) is 78.1 Å². The fraction of sp³-hybridized carbons (Fsp3) is 0.158. The van der Waals surface area contributed by atoms with E-state index in [2.05, 4.69) is 15.2 Å². The second-order valence-electron chi connectivity index (χ2n) is 5.74. The van der Waals surface area contributed by atoms with Gasteiger partial charge in [0.2, 0.25) is 5.91 Å². The van der Waals surface area contributed by atoms with Gasteiger partial charge in [0.05, 0.1) is 18.3 Å². The maximum Gasteiger partial charge on any atom is 0.573 e. The lowest BCUT2D eigenvalue weighted by Crippen LogP contribution is -2.25. The number of carbonyl (C=O) groups excluding carboxylic acids is 1. The topological polar surface area (TPSA) is 56.2 Å². The number of nitrogens with one attached hydrogen (secondary N) is 1. The molecule has 1 heterocycles. The van der Waals surface area contributed by atoms with Crippen molar-refractivity contribution in [1.82, 2.24) is 15.1 Å². The lowest BCUT2D eigenvalue weighted by Gasteiger charge is -2.13. The Morgan fingerprint density at radius 2 is 1.78 bits per heavy atom. The minimum absolute atomic E-state index is 0.0646. The van der Waals surface area contributed by atoms with Gasteiger partial charge in [-0.2, -0.15) is 5.10 Å². The van der Waals surface area contributed by atoms with Crippen molar-refractivity contribution in [1.29, 1.82) is 0 Å². The Morgan fingerprint density at radius 1 is 1.07 bits per heavy atom. The number of rotatable bonds is 6. The highest BCUT2D eigenvalue weighted by molar-refractivity contribution is 5.78. The Labute approximate surface area is 153 Å². The number of amides is 1. The minimum atomic E-state index is -4.79. The Bertz CT molecular complexity index is 908. The third kappa shape index (κ3) is 5.34. The zero-order valence-corrected chi connectivity index (χ0v) is 14.1. The maximum absolute atomic E-state index is 12.4. The molecule has 0 bridgehead atoms. The molecular formula is C19H16F3N3O2. The zero-order chi connectivity index (χ0) is 19.3. The van der Waals surface area contributed by atoms with Crippen LogP contribution in [0.4, 0.5) is 13.2 Å². The van der Waals surface area contributed by atoms with Crippen LogP contribution in [-0.4, -0.2) is 22.1 Å². The molecule has 0 spiro atoms. The van der Waals surface area contributed by atoms with Crippen LogP contribution in [0, 0.1) is 0 Å². The Morgan fingerprint density at radius 3 is 2.52 bits per heavy atom. The fourth-order valence-electron chi connectivity index (χ4n) is 2.49. The van der Waals surface area contributed by atoms with E-state index in [0.29, 0.717) is 5.56 Å². The van der Waals surface area contributed by atoms with Gasteiger partial charge in [-0.3, -0.25) is 4.79 Å². The van der Waals surface area contributed by atoms with Crippen molar-refractivity contribution >= 4 is 5.91 Å². The molecule has 2 aromatic carbocycles. The van der Waals surface area contributed by atoms with E-state index >= 15 is 0 Å². The highest BCUT2D eigenvalue weighted by Gasteiger charge is 2.31. The highest BCUT2D eigenvalue weighted by atomic mass is 19.4. The van der Waals surface area contributed by atoms with Crippen molar-refractivity contribution in [2.24, 2.45) is 0 Å². The van der Waals surface area contributed by atoms with Crippen molar-refractivity contribution in [2.45, 2.75) is 19.3 Å². The molecule has 0 aliphatic carbocycles. The third-order valence-corrected chi connectivity index (χ3v) is 3.70. The number of halogens is 3. The molecule has 8 heteroatoms.